The number of nitrogens with two attached hydrogens (primary N) is 1. The van der Waals surface area contributed by atoms with Crippen molar-refractivity contribution in [3.05, 3.63) is 11.8 Å². The van der Waals surface area contributed by atoms with Crippen molar-refractivity contribution in [3.8, 4) is 0 Å². The molecule has 1 heterocycles. The van der Waals surface area contributed by atoms with Crippen molar-refractivity contribution in [1.82, 2.24) is 14.7 Å². The molecule has 0 aliphatic rings. The summed E-state index contributed by atoms with van der Waals surface area (Å²) < 4.78 is 33.6. The molecular formula is C11H20N4O5S. The van der Waals surface area contributed by atoms with Crippen molar-refractivity contribution in [2.45, 2.75) is 5.03 Å². The van der Waals surface area contributed by atoms with Crippen molar-refractivity contribution in [2.75, 3.05) is 40.5 Å². The lowest BCUT2D eigenvalue weighted by Crippen LogP contribution is -2.37. The van der Waals surface area contributed by atoms with Crippen LogP contribution in [0, 0.1) is 0 Å². The van der Waals surface area contributed by atoms with E-state index in [9.17, 15) is 13.2 Å². The second kappa shape index (κ2) is 7.50. The van der Waals surface area contributed by atoms with E-state index >= 15 is 0 Å². The molecule has 9 nitrogen and oxygen atoms in total. The molecule has 120 valence electrons. The highest BCUT2D eigenvalue weighted by atomic mass is 32.2. The Hall–Kier alpha value is -1.49. The van der Waals surface area contributed by atoms with Crippen molar-refractivity contribution >= 4 is 15.9 Å². The lowest BCUT2D eigenvalue weighted by molar-refractivity contribution is 0.0617. The first-order valence-corrected chi connectivity index (χ1v) is 7.70. The maximum atomic E-state index is 12.4. The van der Waals surface area contributed by atoms with E-state index in [4.69, 9.17) is 14.6 Å². The Morgan fingerprint density at radius 1 is 1.33 bits per heavy atom. The lowest BCUT2D eigenvalue weighted by atomic mass is 10.3. The van der Waals surface area contributed by atoms with Crippen molar-refractivity contribution in [2.24, 2.45) is 12.2 Å². The molecule has 0 saturated carbocycles. The third-order valence-electron chi connectivity index (χ3n) is 2.79. The third-order valence-corrected chi connectivity index (χ3v) is 3.57. The predicted molar refractivity (Wildman–Crippen MR) is 74.2 cm³/mol. The van der Waals surface area contributed by atoms with Gasteiger partial charge in [0.05, 0.1) is 13.2 Å². The van der Waals surface area contributed by atoms with E-state index in [0.717, 1.165) is 6.07 Å². The summed E-state index contributed by atoms with van der Waals surface area (Å²) in [5, 5.41) is 8.41. The van der Waals surface area contributed by atoms with Crippen LogP contribution in [0.1, 0.15) is 10.5 Å². The molecular weight excluding hydrogens is 300 g/mol. The van der Waals surface area contributed by atoms with Crippen LogP contribution in [-0.2, 0) is 26.5 Å². The number of aryl methyl sites for hydroxylation is 1. The fraction of sp³-hybridized carbons (Fsp3) is 0.636. The summed E-state index contributed by atoms with van der Waals surface area (Å²) >= 11 is 0. The second-order valence-corrected chi connectivity index (χ2v) is 5.82. The van der Waals surface area contributed by atoms with Crippen LogP contribution in [0.5, 0.6) is 0 Å². The van der Waals surface area contributed by atoms with Gasteiger partial charge >= 0.3 is 0 Å². The minimum atomic E-state index is -3.95. The van der Waals surface area contributed by atoms with Gasteiger partial charge in [-0.3, -0.25) is 9.48 Å². The van der Waals surface area contributed by atoms with Crippen LogP contribution < -0.4 is 5.14 Å². The molecule has 21 heavy (non-hydrogen) atoms. The zero-order valence-corrected chi connectivity index (χ0v) is 13.1. The Morgan fingerprint density at radius 3 is 2.24 bits per heavy atom. The van der Waals surface area contributed by atoms with Gasteiger partial charge in [0.1, 0.15) is 5.69 Å². The number of nitrogens with zero attached hydrogens (tertiary/aromatic N) is 3. The largest absolute Gasteiger partial charge is 0.383 e. The number of aromatic nitrogens is 2. The van der Waals surface area contributed by atoms with Gasteiger partial charge in [0.2, 0.25) is 0 Å². The average Bonchev–Trinajstić information content (AvgIpc) is 2.80. The number of primary sulfonamides is 1. The number of rotatable bonds is 8. The zero-order valence-electron chi connectivity index (χ0n) is 12.3. The van der Waals surface area contributed by atoms with Crippen LogP contribution in [0.2, 0.25) is 0 Å². The molecule has 0 saturated heterocycles. The van der Waals surface area contributed by atoms with Gasteiger partial charge in [0, 0.05) is 40.4 Å². The highest BCUT2D eigenvalue weighted by Gasteiger charge is 2.23. The first-order chi connectivity index (χ1) is 9.81. The number of hydrogen-bond acceptors (Lipinski definition) is 6. The van der Waals surface area contributed by atoms with Gasteiger partial charge in [-0.05, 0) is 0 Å². The molecule has 1 aromatic rings. The summed E-state index contributed by atoms with van der Waals surface area (Å²) in [6, 6.07) is 1.16. The number of hydrogen-bond donors (Lipinski definition) is 1. The van der Waals surface area contributed by atoms with E-state index in [-0.39, 0.29) is 16.6 Å². The summed E-state index contributed by atoms with van der Waals surface area (Å²) in [7, 11) is 0.589. The Balaban J connectivity index is 2.99. The first kappa shape index (κ1) is 17.6. The monoisotopic (exact) mass is 320 g/mol. The maximum Gasteiger partial charge on any atom is 0.272 e. The molecule has 0 radical (unpaired) electrons. The van der Waals surface area contributed by atoms with Crippen molar-refractivity contribution < 1.29 is 22.7 Å². The second-order valence-electron chi connectivity index (χ2n) is 4.31. The molecule has 1 aromatic heterocycles. The molecule has 2 N–H and O–H groups in total. The summed E-state index contributed by atoms with van der Waals surface area (Å²) in [5.74, 6) is -0.367. The van der Waals surface area contributed by atoms with Gasteiger partial charge in [-0.1, -0.05) is 0 Å². The van der Waals surface area contributed by atoms with Crippen molar-refractivity contribution in [1.29, 1.82) is 0 Å². The topological polar surface area (TPSA) is 117 Å². The summed E-state index contributed by atoms with van der Waals surface area (Å²) in [5.41, 5.74) is 0.131. The van der Waals surface area contributed by atoms with Gasteiger partial charge in [0.15, 0.2) is 5.03 Å². The number of methoxy groups -OCH3 is 2. The van der Waals surface area contributed by atoms with E-state index in [0.29, 0.717) is 26.3 Å². The molecule has 1 rings (SSSR count). The minimum Gasteiger partial charge on any atom is -0.383 e. The highest BCUT2D eigenvalue weighted by Crippen LogP contribution is 2.10. The third kappa shape index (κ3) is 4.77. The lowest BCUT2D eigenvalue weighted by Gasteiger charge is -2.21. The van der Waals surface area contributed by atoms with Gasteiger partial charge in [-0.2, -0.15) is 5.10 Å². The fourth-order valence-corrected chi connectivity index (χ4v) is 2.17. The molecule has 0 atom stereocenters. The number of sulfonamides is 1. The summed E-state index contributed by atoms with van der Waals surface area (Å²) in [4.78, 5) is 13.9. The van der Waals surface area contributed by atoms with Crippen LogP contribution in [0.3, 0.4) is 0 Å². The van der Waals surface area contributed by atoms with Crippen molar-refractivity contribution in [3.63, 3.8) is 0 Å². The van der Waals surface area contributed by atoms with Gasteiger partial charge in [-0.15, -0.1) is 0 Å². The Kier molecular flexibility index (Phi) is 6.27. The van der Waals surface area contributed by atoms with E-state index in [2.05, 4.69) is 5.10 Å². The molecule has 1 amide bonds. The average molecular weight is 320 g/mol. The standard InChI is InChI=1S/C11H20N4O5S/c1-14-9(8-10(13-14)21(12,17)18)11(16)15(4-6-19-2)5-7-20-3/h8H,4-7H2,1-3H3,(H2,12,17,18). The number of carbonyl (C=O) groups excluding carboxylic acids is 1. The summed E-state index contributed by atoms with van der Waals surface area (Å²) in [6.45, 7) is 1.42. The molecule has 0 aliphatic carbocycles. The number of amides is 1. The Morgan fingerprint density at radius 2 is 1.86 bits per heavy atom. The van der Waals surface area contributed by atoms with E-state index < -0.39 is 10.0 Å². The van der Waals surface area contributed by atoms with Gasteiger partial charge < -0.3 is 14.4 Å². The molecule has 0 bridgehead atoms. The SMILES string of the molecule is COCCN(CCOC)C(=O)c1cc(S(N)(=O)=O)nn1C. The highest BCUT2D eigenvalue weighted by molar-refractivity contribution is 7.89. The minimum absolute atomic E-state index is 0.131. The van der Waals surface area contributed by atoms with Crippen LogP contribution >= 0.6 is 0 Å². The van der Waals surface area contributed by atoms with E-state index in [1.54, 1.807) is 0 Å². The quantitative estimate of drug-likeness (QED) is 0.643. The molecule has 0 aliphatic heterocycles. The fourth-order valence-electron chi connectivity index (χ4n) is 1.66. The smallest absolute Gasteiger partial charge is 0.272 e. The normalized spacial score (nSPS) is 11.6. The zero-order chi connectivity index (χ0) is 16.0. The van der Waals surface area contributed by atoms with Crippen LogP contribution in [0.4, 0.5) is 0 Å². The number of ether oxygens (including phenoxy) is 2. The van der Waals surface area contributed by atoms with E-state index in [1.807, 2.05) is 0 Å². The summed E-state index contributed by atoms with van der Waals surface area (Å²) in [6.07, 6.45) is 0. The molecule has 0 unspecified atom stereocenters. The molecule has 0 aromatic carbocycles. The Bertz CT molecular complexity index is 575. The van der Waals surface area contributed by atoms with Crippen LogP contribution in [-0.4, -0.2) is 69.5 Å². The number of carbonyl (C=O) groups is 1. The van der Waals surface area contributed by atoms with Crippen LogP contribution in [0.15, 0.2) is 11.1 Å². The molecule has 0 spiro atoms. The first-order valence-electron chi connectivity index (χ1n) is 6.15. The van der Waals surface area contributed by atoms with E-state index in [1.165, 1.54) is 30.8 Å². The predicted octanol–water partition coefficient (Wildman–Crippen LogP) is -1.20. The van der Waals surface area contributed by atoms with Gasteiger partial charge in [0.25, 0.3) is 15.9 Å². The maximum absolute atomic E-state index is 12.4. The van der Waals surface area contributed by atoms with Gasteiger partial charge in [-0.25, -0.2) is 13.6 Å². The van der Waals surface area contributed by atoms with Crippen LogP contribution in [0.25, 0.3) is 0 Å². The Labute approximate surface area is 123 Å². The molecule has 0 fully saturated rings. The molecule has 10 heteroatoms.